The second kappa shape index (κ2) is 6.87. The third-order valence-electron chi connectivity index (χ3n) is 5.07. The highest BCUT2D eigenvalue weighted by Crippen LogP contribution is 2.38. The molecule has 4 rings (SSSR count). The van der Waals surface area contributed by atoms with Crippen molar-refractivity contribution in [3.63, 3.8) is 0 Å². The number of β-amino-alcohol motifs (C(OH)–C–C–N with tert-alkyl or cyclic N) is 1. The number of carbonyl (C=O) groups is 1. The summed E-state index contributed by atoms with van der Waals surface area (Å²) in [5, 5.41) is 13.0. The number of hydrogen-bond donors (Lipinski definition) is 3. The number of carbonyl (C=O) groups excluding carboxylic acids is 1. The maximum absolute atomic E-state index is 11.2. The van der Waals surface area contributed by atoms with E-state index in [1.807, 2.05) is 12.1 Å². The number of rotatable bonds is 5. The zero-order chi connectivity index (χ0) is 18.1. The molecule has 1 saturated heterocycles. The number of nitrogens with zero attached hydrogens (tertiary/aromatic N) is 4. The molecule has 1 aliphatic carbocycles. The molecule has 1 saturated carbocycles. The first kappa shape index (κ1) is 16.7. The zero-order valence-electron chi connectivity index (χ0n) is 14.4. The van der Waals surface area contributed by atoms with Crippen molar-refractivity contribution in [2.45, 2.75) is 37.3 Å². The third-order valence-corrected chi connectivity index (χ3v) is 5.07. The maximum Gasteiger partial charge on any atom is 0.267 e. The molecule has 136 valence electrons. The zero-order valence-corrected chi connectivity index (χ0v) is 14.4. The van der Waals surface area contributed by atoms with E-state index in [2.05, 4.69) is 25.2 Å². The summed E-state index contributed by atoms with van der Waals surface area (Å²) in [6.07, 6.45) is 4.01. The van der Waals surface area contributed by atoms with Crippen LogP contribution in [0.1, 0.15) is 41.4 Å². The molecule has 1 aliphatic heterocycles. The molecule has 2 aliphatic rings. The van der Waals surface area contributed by atoms with Crippen LogP contribution in [0, 0.1) is 0 Å². The Morgan fingerprint density at radius 3 is 2.88 bits per heavy atom. The third kappa shape index (κ3) is 3.45. The Morgan fingerprint density at radius 2 is 2.15 bits per heavy atom. The summed E-state index contributed by atoms with van der Waals surface area (Å²) in [6.45, 7) is 1.46. The largest absolute Gasteiger partial charge is 0.391 e. The van der Waals surface area contributed by atoms with Gasteiger partial charge < -0.3 is 21.1 Å². The normalized spacial score (nSPS) is 25.0. The number of amides is 1. The second-order valence-electron chi connectivity index (χ2n) is 6.97. The average Bonchev–Trinajstić information content (AvgIpc) is 3.04. The number of anilines is 2. The first-order valence-electron chi connectivity index (χ1n) is 8.87. The highest BCUT2D eigenvalue weighted by atomic mass is 16.3. The molecule has 0 bridgehead atoms. The van der Waals surface area contributed by atoms with E-state index in [0.29, 0.717) is 24.3 Å². The van der Waals surface area contributed by atoms with Crippen molar-refractivity contribution >= 4 is 17.5 Å². The van der Waals surface area contributed by atoms with Gasteiger partial charge in [-0.2, -0.15) is 0 Å². The van der Waals surface area contributed by atoms with Crippen molar-refractivity contribution in [2.75, 3.05) is 23.3 Å². The quantitative estimate of drug-likeness (QED) is 0.730. The van der Waals surface area contributed by atoms with Gasteiger partial charge in [-0.25, -0.2) is 15.0 Å². The van der Waals surface area contributed by atoms with Crippen LogP contribution >= 0.6 is 0 Å². The van der Waals surface area contributed by atoms with Crippen molar-refractivity contribution in [2.24, 2.45) is 5.73 Å². The summed E-state index contributed by atoms with van der Waals surface area (Å²) in [7, 11) is 0. The Balaban J connectivity index is 1.36. The molecule has 0 spiro atoms. The van der Waals surface area contributed by atoms with Crippen molar-refractivity contribution in [1.82, 2.24) is 15.0 Å². The molecule has 2 fully saturated rings. The van der Waals surface area contributed by atoms with Crippen LogP contribution in [0.25, 0.3) is 0 Å². The van der Waals surface area contributed by atoms with Gasteiger partial charge in [0, 0.05) is 36.8 Å². The van der Waals surface area contributed by atoms with Gasteiger partial charge in [0.1, 0.15) is 23.7 Å². The molecule has 8 nitrogen and oxygen atoms in total. The van der Waals surface area contributed by atoms with E-state index in [0.717, 1.165) is 37.3 Å². The summed E-state index contributed by atoms with van der Waals surface area (Å²) < 4.78 is 0. The molecular formula is C18H22N6O2. The predicted molar refractivity (Wildman–Crippen MR) is 97.0 cm³/mol. The van der Waals surface area contributed by atoms with E-state index >= 15 is 0 Å². The highest BCUT2D eigenvalue weighted by Gasteiger charge is 2.32. The smallest absolute Gasteiger partial charge is 0.267 e. The molecule has 8 heteroatoms. The summed E-state index contributed by atoms with van der Waals surface area (Å²) in [5.41, 5.74) is 6.57. The SMILES string of the molecule is NC(=O)c1cccc(NC2CC(c3cc(N4CCC(O)C4)ncn3)C2)n1. The molecule has 1 amide bonds. The lowest BCUT2D eigenvalue weighted by atomic mass is 9.78. The van der Waals surface area contributed by atoms with Crippen molar-refractivity contribution < 1.29 is 9.90 Å². The van der Waals surface area contributed by atoms with Gasteiger partial charge in [-0.1, -0.05) is 6.07 Å². The monoisotopic (exact) mass is 354 g/mol. The maximum atomic E-state index is 11.2. The van der Waals surface area contributed by atoms with Crippen LogP contribution in [0.3, 0.4) is 0 Å². The molecule has 4 N–H and O–H groups in total. The molecule has 2 aromatic heterocycles. The summed E-state index contributed by atoms with van der Waals surface area (Å²) in [5.74, 6) is 1.40. The number of aliphatic hydroxyl groups is 1. The van der Waals surface area contributed by atoms with Gasteiger partial charge in [0.2, 0.25) is 0 Å². The van der Waals surface area contributed by atoms with Crippen LogP contribution in [0.4, 0.5) is 11.6 Å². The number of nitrogens with two attached hydrogens (primary N) is 1. The van der Waals surface area contributed by atoms with Crippen LogP contribution in [-0.4, -0.2) is 51.2 Å². The lowest BCUT2D eigenvalue weighted by Gasteiger charge is -2.36. The molecule has 0 radical (unpaired) electrons. The fourth-order valence-corrected chi connectivity index (χ4v) is 3.55. The van der Waals surface area contributed by atoms with Crippen molar-refractivity contribution in [3.8, 4) is 0 Å². The van der Waals surface area contributed by atoms with E-state index in [1.54, 1.807) is 18.5 Å². The van der Waals surface area contributed by atoms with Gasteiger partial charge >= 0.3 is 0 Å². The van der Waals surface area contributed by atoms with Gasteiger partial charge in [-0.15, -0.1) is 0 Å². The number of pyridine rings is 1. The minimum Gasteiger partial charge on any atom is -0.391 e. The standard InChI is InChI=1S/C18H22N6O2/c19-18(26)14-2-1-3-16(23-14)22-12-6-11(7-12)15-8-17(21-10-20-15)24-5-4-13(25)9-24/h1-3,8,10-13,25H,4-7,9H2,(H2,19,26)(H,22,23). The predicted octanol–water partition coefficient (Wildman–Crippen LogP) is 0.900. The van der Waals surface area contributed by atoms with Crippen LogP contribution in [0.5, 0.6) is 0 Å². The molecule has 26 heavy (non-hydrogen) atoms. The van der Waals surface area contributed by atoms with Crippen molar-refractivity contribution in [1.29, 1.82) is 0 Å². The van der Waals surface area contributed by atoms with Crippen LogP contribution < -0.4 is 16.0 Å². The molecule has 1 atom stereocenters. The Labute approximate surface area is 151 Å². The minimum atomic E-state index is -0.527. The average molecular weight is 354 g/mol. The Bertz CT molecular complexity index is 808. The van der Waals surface area contributed by atoms with Gasteiger partial charge in [0.15, 0.2) is 0 Å². The second-order valence-corrected chi connectivity index (χ2v) is 6.97. The van der Waals surface area contributed by atoms with Crippen LogP contribution in [0.15, 0.2) is 30.6 Å². The summed E-state index contributed by atoms with van der Waals surface area (Å²) >= 11 is 0. The molecule has 2 aromatic rings. The lowest BCUT2D eigenvalue weighted by Crippen LogP contribution is -2.35. The Hall–Kier alpha value is -2.74. The first-order chi connectivity index (χ1) is 12.6. The van der Waals surface area contributed by atoms with Crippen molar-refractivity contribution in [3.05, 3.63) is 42.0 Å². The molecule has 0 aromatic carbocycles. The number of aromatic nitrogens is 3. The van der Waals surface area contributed by atoms with E-state index in [9.17, 15) is 9.90 Å². The number of hydrogen-bond acceptors (Lipinski definition) is 7. The Morgan fingerprint density at radius 1 is 1.31 bits per heavy atom. The molecule has 1 unspecified atom stereocenters. The van der Waals surface area contributed by atoms with E-state index < -0.39 is 5.91 Å². The van der Waals surface area contributed by atoms with Crippen LogP contribution in [-0.2, 0) is 0 Å². The van der Waals surface area contributed by atoms with E-state index in [4.69, 9.17) is 5.73 Å². The van der Waals surface area contributed by atoms with Gasteiger partial charge in [0.25, 0.3) is 5.91 Å². The first-order valence-corrected chi connectivity index (χ1v) is 8.87. The highest BCUT2D eigenvalue weighted by molar-refractivity contribution is 5.91. The fraction of sp³-hybridized carbons (Fsp3) is 0.444. The van der Waals surface area contributed by atoms with Gasteiger partial charge in [0.05, 0.1) is 6.10 Å². The summed E-state index contributed by atoms with van der Waals surface area (Å²) in [6, 6.07) is 7.54. The summed E-state index contributed by atoms with van der Waals surface area (Å²) in [4.78, 5) is 26.3. The number of primary amides is 1. The number of nitrogens with one attached hydrogen (secondary N) is 1. The number of aliphatic hydroxyl groups excluding tert-OH is 1. The van der Waals surface area contributed by atoms with E-state index in [1.165, 1.54) is 0 Å². The van der Waals surface area contributed by atoms with Gasteiger partial charge in [-0.3, -0.25) is 4.79 Å². The van der Waals surface area contributed by atoms with Crippen LogP contribution in [0.2, 0.25) is 0 Å². The lowest BCUT2D eigenvalue weighted by molar-refractivity contribution is 0.0995. The minimum absolute atomic E-state index is 0.263. The molecule has 3 heterocycles. The van der Waals surface area contributed by atoms with Gasteiger partial charge in [-0.05, 0) is 31.4 Å². The topological polar surface area (TPSA) is 117 Å². The van der Waals surface area contributed by atoms with E-state index in [-0.39, 0.29) is 11.8 Å². The Kier molecular flexibility index (Phi) is 4.42. The fourth-order valence-electron chi connectivity index (χ4n) is 3.55. The molecular weight excluding hydrogens is 332 g/mol.